The molecule has 0 amide bonds. The molecular weight excluding hydrogens is 240 g/mol. The van der Waals surface area contributed by atoms with Gasteiger partial charge in [-0.15, -0.1) is 0 Å². The highest BCUT2D eigenvalue weighted by molar-refractivity contribution is 7.87. The van der Waals surface area contributed by atoms with Gasteiger partial charge in [-0.3, -0.25) is 0 Å². The molecule has 1 fully saturated rings. The van der Waals surface area contributed by atoms with Crippen molar-refractivity contribution in [3.05, 3.63) is 0 Å². The van der Waals surface area contributed by atoms with E-state index in [2.05, 4.69) is 0 Å². The third-order valence-electron chi connectivity index (χ3n) is 2.47. The molecule has 1 aliphatic heterocycles. The van der Waals surface area contributed by atoms with Crippen LogP contribution >= 0.6 is 0 Å². The van der Waals surface area contributed by atoms with E-state index in [0.717, 1.165) is 19.3 Å². The first-order chi connectivity index (χ1) is 7.37. The largest absolute Gasteiger partial charge is 0.325 e. The maximum Gasteiger partial charge on any atom is 0.279 e. The number of nitrogens with one attached hydrogen (secondary N) is 1. The van der Waals surface area contributed by atoms with Gasteiger partial charge in [0.1, 0.15) is 0 Å². The zero-order valence-corrected chi connectivity index (χ0v) is 9.77. The van der Waals surface area contributed by atoms with Gasteiger partial charge in [-0.05, 0) is 12.8 Å². The molecule has 0 bridgehead atoms. The van der Waals surface area contributed by atoms with Crippen LogP contribution in [0.4, 0.5) is 8.78 Å². The van der Waals surface area contributed by atoms with Crippen LogP contribution < -0.4 is 10.5 Å². The fourth-order valence-corrected chi connectivity index (χ4v) is 2.78. The highest BCUT2D eigenvalue weighted by atomic mass is 32.2. The van der Waals surface area contributed by atoms with Crippen molar-refractivity contribution in [2.45, 2.75) is 25.2 Å². The average Bonchev–Trinajstić information content (AvgIpc) is 2.28. The summed E-state index contributed by atoms with van der Waals surface area (Å²) < 4.78 is 51.8. The van der Waals surface area contributed by atoms with Gasteiger partial charge in [0.25, 0.3) is 16.1 Å². The van der Waals surface area contributed by atoms with E-state index in [-0.39, 0.29) is 0 Å². The van der Waals surface area contributed by atoms with Crippen molar-refractivity contribution in [2.75, 3.05) is 26.2 Å². The highest BCUT2D eigenvalue weighted by Crippen LogP contribution is 2.14. The molecule has 1 rings (SSSR count). The Kier molecular flexibility index (Phi) is 4.60. The van der Waals surface area contributed by atoms with Gasteiger partial charge in [0.2, 0.25) is 0 Å². The molecule has 1 aliphatic rings. The van der Waals surface area contributed by atoms with Crippen molar-refractivity contribution in [3.63, 3.8) is 0 Å². The van der Waals surface area contributed by atoms with E-state index in [4.69, 9.17) is 5.73 Å². The van der Waals surface area contributed by atoms with Gasteiger partial charge in [0, 0.05) is 13.1 Å². The summed E-state index contributed by atoms with van der Waals surface area (Å²) in [5.41, 5.74) is 4.82. The first kappa shape index (κ1) is 13.8. The van der Waals surface area contributed by atoms with Crippen molar-refractivity contribution < 1.29 is 17.2 Å². The number of alkyl halides is 2. The van der Waals surface area contributed by atoms with Crippen LogP contribution in [0.2, 0.25) is 0 Å². The van der Waals surface area contributed by atoms with Gasteiger partial charge in [0.15, 0.2) is 0 Å². The molecule has 8 heteroatoms. The molecule has 5 nitrogen and oxygen atoms in total. The number of rotatable bonds is 5. The summed E-state index contributed by atoms with van der Waals surface area (Å²) in [6.07, 6.45) is 2.52. The molecule has 0 aromatic rings. The van der Waals surface area contributed by atoms with E-state index in [0.29, 0.717) is 13.1 Å². The molecule has 3 N–H and O–H groups in total. The number of hydrogen-bond acceptors (Lipinski definition) is 3. The first-order valence-corrected chi connectivity index (χ1v) is 6.64. The highest BCUT2D eigenvalue weighted by Gasteiger charge is 2.31. The second-order valence-electron chi connectivity index (χ2n) is 3.85. The van der Waals surface area contributed by atoms with Crippen LogP contribution in [0.1, 0.15) is 19.3 Å². The molecule has 0 aromatic carbocycles. The fourth-order valence-electron chi connectivity index (χ4n) is 1.47. The summed E-state index contributed by atoms with van der Waals surface area (Å²) in [5.74, 6) is -3.19. The molecule has 16 heavy (non-hydrogen) atoms. The molecular formula is C8H17F2N3O2S. The van der Waals surface area contributed by atoms with Gasteiger partial charge in [-0.25, -0.2) is 8.78 Å². The average molecular weight is 257 g/mol. The Morgan fingerprint density at radius 3 is 2.31 bits per heavy atom. The standard InChI is InChI=1S/C8H17F2N3O2S/c9-8(10,6-11)7-12-16(14,15)13-4-2-1-3-5-13/h12H,1-7,11H2. The Balaban J connectivity index is 2.51. The zero-order valence-electron chi connectivity index (χ0n) is 8.95. The molecule has 0 saturated carbocycles. The zero-order chi connectivity index (χ0) is 12.2. The third kappa shape index (κ3) is 3.93. The lowest BCUT2D eigenvalue weighted by Gasteiger charge is -2.26. The number of halogens is 2. The molecule has 0 atom stereocenters. The maximum absolute atomic E-state index is 12.8. The Labute approximate surface area is 94.2 Å². The fraction of sp³-hybridized carbons (Fsp3) is 1.00. The summed E-state index contributed by atoms with van der Waals surface area (Å²) in [4.78, 5) is 0. The lowest BCUT2D eigenvalue weighted by atomic mass is 10.2. The summed E-state index contributed by atoms with van der Waals surface area (Å²) >= 11 is 0. The first-order valence-electron chi connectivity index (χ1n) is 5.20. The minimum atomic E-state index is -3.78. The second-order valence-corrected chi connectivity index (χ2v) is 5.60. The Morgan fingerprint density at radius 2 is 1.81 bits per heavy atom. The van der Waals surface area contributed by atoms with Crippen LogP contribution in [0, 0.1) is 0 Å². The van der Waals surface area contributed by atoms with Crippen molar-refractivity contribution in [1.82, 2.24) is 9.03 Å². The van der Waals surface area contributed by atoms with E-state index in [9.17, 15) is 17.2 Å². The van der Waals surface area contributed by atoms with Gasteiger partial charge in [0.05, 0.1) is 13.1 Å². The minimum absolute atomic E-state index is 0.392. The molecule has 1 saturated heterocycles. The molecule has 0 aliphatic carbocycles. The lowest BCUT2D eigenvalue weighted by Crippen LogP contribution is -2.48. The predicted molar refractivity (Wildman–Crippen MR) is 56.3 cm³/mol. The number of piperidine rings is 1. The van der Waals surface area contributed by atoms with E-state index in [1.165, 1.54) is 4.31 Å². The Hall–Kier alpha value is -0.310. The van der Waals surface area contributed by atoms with Gasteiger partial charge < -0.3 is 5.73 Å². The molecule has 0 aromatic heterocycles. The van der Waals surface area contributed by atoms with Crippen molar-refractivity contribution in [1.29, 1.82) is 0 Å². The molecule has 0 spiro atoms. The molecule has 0 unspecified atom stereocenters. The van der Waals surface area contributed by atoms with Crippen LogP contribution in [-0.4, -0.2) is 44.8 Å². The Morgan fingerprint density at radius 1 is 1.25 bits per heavy atom. The minimum Gasteiger partial charge on any atom is -0.325 e. The molecule has 1 heterocycles. The SMILES string of the molecule is NCC(F)(F)CNS(=O)(=O)N1CCCCC1. The topological polar surface area (TPSA) is 75.4 Å². The normalized spacial score (nSPS) is 19.9. The summed E-state index contributed by atoms with van der Waals surface area (Å²) in [5, 5.41) is 0. The van der Waals surface area contributed by atoms with Crippen LogP contribution in [-0.2, 0) is 10.2 Å². The van der Waals surface area contributed by atoms with Gasteiger partial charge in [-0.2, -0.15) is 17.4 Å². The van der Waals surface area contributed by atoms with Gasteiger partial charge in [-0.1, -0.05) is 6.42 Å². The maximum atomic E-state index is 12.8. The smallest absolute Gasteiger partial charge is 0.279 e. The van der Waals surface area contributed by atoms with Crippen molar-refractivity contribution in [3.8, 4) is 0 Å². The van der Waals surface area contributed by atoms with Crippen LogP contribution in [0.3, 0.4) is 0 Å². The van der Waals surface area contributed by atoms with E-state index >= 15 is 0 Å². The van der Waals surface area contributed by atoms with Gasteiger partial charge >= 0.3 is 0 Å². The number of nitrogens with two attached hydrogens (primary N) is 1. The van der Waals surface area contributed by atoms with Crippen LogP contribution in [0.15, 0.2) is 0 Å². The lowest BCUT2D eigenvalue weighted by molar-refractivity contribution is 0.0166. The van der Waals surface area contributed by atoms with Crippen molar-refractivity contribution >= 4 is 10.2 Å². The number of nitrogens with zero attached hydrogens (tertiary/aromatic N) is 1. The predicted octanol–water partition coefficient (Wildman–Crippen LogP) is -0.0993. The molecule has 0 radical (unpaired) electrons. The monoisotopic (exact) mass is 257 g/mol. The van der Waals surface area contributed by atoms with Crippen LogP contribution in [0.25, 0.3) is 0 Å². The third-order valence-corrected chi connectivity index (χ3v) is 4.02. The summed E-state index contributed by atoms with van der Waals surface area (Å²) in [6.45, 7) is -1.02. The van der Waals surface area contributed by atoms with E-state index < -0.39 is 29.2 Å². The summed E-state index contributed by atoms with van der Waals surface area (Å²) in [7, 11) is -3.78. The van der Waals surface area contributed by atoms with E-state index in [1.54, 1.807) is 0 Å². The van der Waals surface area contributed by atoms with Crippen molar-refractivity contribution in [2.24, 2.45) is 5.73 Å². The summed E-state index contributed by atoms with van der Waals surface area (Å²) in [6, 6.07) is 0. The molecule has 96 valence electrons. The van der Waals surface area contributed by atoms with E-state index in [1.807, 2.05) is 4.72 Å². The van der Waals surface area contributed by atoms with Crippen LogP contribution in [0.5, 0.6) is 0 Å². The quantitative estimate of drug-likeness (QED) is 0.722. The number of hydrogen-bond donors (Lipinski definition) is 2. The second kappa shape index (κ2) is 5.35. The Bertz CT molecular complexity index is 315.